The van der Waals surface area contributed by atoms with Gasteiger partial charge in [0.05, 0.1) is 11.6 Å². The van der Waals surface area contributed by atoms with Crippen LogP contribution < -0.4 is 10.2 Å². The minimum atomic E-state index is 0. The number of aromatic amines is 1. The van der Waals surface area contributed by atoms with Gasteiger partial charge in [0.2, 0.25) is 5.95 Å². The second-order valence-corrected chi connectivity index (χ2v) is 5.21. The molecule has 2 N–H and O–H groups in total. The van der Waals surface area contributed by atoms with E-state index >= 15 is 0 Å². The highest BCUT2D eigenvalue weighted by atomic mass is 35.5. The third-order valence-electron chi connectivity index (χ3n) is 3.84. The first kappa shape index (κ1) is 17.5. The molecule has 1 aromatic carbocycles. The molecule has 2 aromatic heterocycles. The molecule has 0 saturated carbocycles. The number of fused-ring (bicyclic) bond motifs is 1. The van der Waals surface area contributed by atoms with Crippen LogP contribution in [0.15, 0.2) is 42.7 Å². The summed E-state index contributed by atoms with van der Waals surface area (Å²) in [5.41, 5.74) is 2.08. The maximum atomic E-state index is 4.56. The maximum Gasteiger partial charge on any atom is 0.227 e. The molecule has 1 aliphatic rings. The van der Waals surface area contributed by atoms with Crippen molar-refractivity contribution in [3.05, 3.63) is 48.3 Å². The second-order valence-electron chi connectivity index (χ2n) is 5.21. The summed E-state index contributed by atoms with van der Waals surface area (Å²) in [6.07, 6.45) is 3.56. The molecule has 6 nitrogen and oxygen atoms in total. The van der Waals surface area contributed by atoms with E-state index in [9.17, 15) is 0 Å². The number of anilines is 1. The van der Waals surface area contributed by atoms with Crippen LogP contribution >= 0.6 is 24.8 Å². The summed E-state index contributed by atoms with van der Waals surface area (Å²) in [7, 11) is 0. The van der Waals surface area contributed by atoms with Gasteiger partial charge in [0.15, 0.2) is 5.65 Å². The molecule has 1 saturated heterocycles. The van der Waals surface area contributed by atoms with Gasteiger partial charge in [-0.25, -0.2) is 4.98 Å². The molecule has 0 amide bonds. The van der Waals surface area contributed by atoms with Crippen molar-refractivity contribution < 1.29 is 0 Å². The van der Waals surface area contributed by atoms with Crippen molar-refractivity contribution in [1.82, 2.24) is 25.5 Å². The van der Waals surface area contributed by atoms with Crippen LogP contribution in [0.5, 0.6) is 0 Å². The van der Waals surface area contributed by atoms with Crippen molar-refractivity contribution in [3.8, 4) is 0 Å². The van der Waals surface area contributed by atoms with Crippen molar-refractivity contribution in [2.75, 3.05) is 24.5 Å². The summed E-state index contributed by atoms with van der Waals surface area (Å²) in [6.45, 7) is 2.69. The molecule has 0 spiro atoms. The van der Waals surface area contributed by atoms with Crippen molar-refractivity contribution >= 4 is 41.8 Å². The summed E-state index contributed by atoms with van der Waals surface area (Å²) in [5, 5.41) is 11.4. The molecular formula is C15H18Cl2N6. The van der Waals surface area contributed by atoms with E-state index in [1.165, 1.54) is 5.56 Å². The summed E-state index contributed by atoms with van der Waals surface area (Å²) in [5.74, 6) is 0.759. The van der Waals surface area contributed by atoms with Crippen molar-refractivity contribution in [3.63, 3.8) is 0 Å². The minimum Gasteiger partial charge on any atom is -0.338 e. The Kier molecular flexibility index (Phi) is 5.76. The highest BCUT2D eigenvalue weighted by Crippen LogP contribution is 2.20. The van der Waals surface area contributed by atoms with Crippen molar-refractivity contribution in [2.45, 2.75) is 6.04 Å². The fraction of sp³-hybridized carbons (Fsp3) is 0.267. The number of benzene rings is 1. The van der Waals surface area contributed by atoms with Gasteiger partial charge in [-0.2, -0.15) is 10.1 Å². The lowest BCUT2D eigenvalue weighted by molar-refractivity contribution is 0.467. The summed E-state index contributed by atoms with van der Waals surface area (Å²) in [6, 6.07) is 10.8. The van der Waals surface area contributed by atoms with Gasteiger partial charge in [-0.05, 0) is 5.56 Å². The number of halogens is 2. The van der Waals surface area contributed by atoms with Gasteiger partial charge in [-0.15, -0.1) is 24.8 Å². The van der Waals surface area contributed by atoms with Crippen molar-refractivity contribution in [1.29, 1.82) is 0 Å². The number of rotatable bonds is 2. The summed E-state index contributed by atoms with van der Waals surface area (Å²) < 4.78 is 0. The molecule has 3 heterocycles. The third-order valence-corrected chi connectivity index (χ3v) is 3.84. The fourth-order valence-corrected chi connectivity index (χ4v) is 2.72. The maximum absolute atomic E-state index is 4.56. The molecule has 4 rings (SSSR count). The van der Waals surface area contributed by atoms with Crippen LogP contribution in [0.2, 0.25) is 0 Å². The first-order chi connectivity index (χ1) is 10.4. The largest absolute Gasteiger partial charge is 0.338 e. The van der Waals surface area contributed by atoms with Gasteiger partial charge >= 0.3 is 0 Å². The first-order valence-corrected chi connectivity index (χ1v) is 7.09. The molecule has 1 atom stereocenters. The Morgan fingerprint density at radius 1 is 1.09 bits per heavy atom. The van der Waals surface area contributed by atoms with Crippen LogP contribution in [0.3, 0.4) is 0 Å². The van der Waals surface area contributed by atoms with Gasteiger partial charge < -0.3 is 10.2 Å². The van der Waals surface area contributed by atoms with Crippen LogP contribution in [-0.2, 0) is 0 Å². The average molecular weight is 353 g/mol. The Morgan fingerprint density at radius 3 is 2.74 bits per heavy atom. The van der Waals surface area contributed by atoms with Crippen LogP contribution in [0.4, 0.5) is 5.95 Å². The Hall–Kier alpha value is -1.89. The Morgan fingerprint density at radius 2 is 1.91 bits per heavy atom. The van der Waals surface area contributed by atoms with Crippen LogP contribution in [-0.4, -0.2) is 39.8 Å². The molecule has 0 bridgehead atoms. The highest BCUT2D eigenvalue weighted by Gasteiger charge is 2.22. The topological polar surface area (TPSA) is 69.7 Å². The monoisotopic (exact) mass is 352 g/mol. The molecule has 3 aromatic rings. The van der Waals surface area contributed by atoms with Gasteiger partial charge in [0, 0.05) is 31.9 Å². The smallest absolute Gasteiger partial charge is 0.227 e. The molecule has 8 heteroatoms. The molecule has 1 aliphatic heterocycles. The standard InChI is InChI=1S/C15H16N6.2ClH/c1-2-4-11(5-3-1)13-10-21(7-6-16-13)15-17-8-12-9-18-20-14(12)19-15;;/h1-5,8-9,13,16H,6-7,10H2,(H,17,18,19,20);2*1H. The Bertz CT molecular complexity index is 748. The normalized spacial score (nSPS) is 17.4. The lowest BCUT2D eigenvalue weighted by atomic mass is 10.1. The van der Waals surface area contributed by atoms with Crippen LogP contribution in [0.1, 0.15) is 11.6 Å². The molecule has 1 fully saturated rings. The van der Waals surface area contributed by atoms with E-state index in [1.807, 2.05) is 12.3 Å². The predicted octanol–water partition coefficient (Wildman–Crippen LogP) is 2.35. The lowest BCUT2D eigenvalue weighted by Gasteiger charge is -2.33. The van der Waals surface area contributed by atoms with E-state index in [0.717, 1.165) is 36.6 Å². The lowest BCUT2D eigenvalue weighted by Crippen LogP contribution is -2.46. The van der Waals surface area contributed by atoms with Crippen LogP contribution in [0.25, 0.3) is 11.0 Å². The number of hydrogen-bond donors (Lipinski definition) is 2. The number of aromatic nitrogens is 4. The van der Waals surface area contributed by atoms with Crippen molar-refractivity contribution in [2.24, 2.45) is 0 Å². The van der Waals surface area contributed by atoms with Crippen LogP contribution in [0, 0.1) is 0 Å². The van der Waals surface area contributed by atoms with E-state index in [0.29, 0.717) is 6.04 Å². The number of nitrogens with zero attached hydrogens (tertiary/aromatic N) is 4. The third kappa shape index (κ3) is 3.55. The van der Waals surface area contributed by atoms with E-state index < -0.39 is 0 Å². The Labute approximate surface area is 146 Å². The zero-order valence-electron chi connectivity index (χ0n) is 12.3. The van der Waals surface area contributed by atoms with Gasteiger partial charge in [0.1, 0.15) is 0 Å². The quantitative estimate of drug-likeness (QED) is 0.740. The van der Waals surface area contributed by atoms with E-state index in [2.05, 4.69) is 54.6 Å². The Balaban J connectivity index is 0.000000960. The zero-order valence-corrected chi connectivity index (χ0v) is 14.0. The molecule has 0 aliphatic carbocycles. The number of nitrogens with one attached hydrogen (secondary N) is 2. The fourth-order valence-electron chi connectivity index (χ4n) is 2.72. The highest BCUT2D eigenvalue weighted by molar-refractivity contribution is 5.85. The van der Waals surface area contributed by atoms with Gasteiger partial charge in [-0.1, -0.05) is 30.3 Å². The molecule has 0 radical (unpaired) electrons. The average Bonchev–Trinajstić information content (AvgIpc) is 3.03. The SMILES string of the molecule is Cl.Cl.c1ccc(C2CN(c3ncc4cn[nH]c4n3)CCN2)cc1. The second kappa shape index (κ2) is 7.59. The number of H-pyrrole nitrogens is 1. The molecular weight excluding hydrogens is 335 g/mol. The zero-order chi connectivity index (χ0) is 14.1. The number of hydrogen-bond acceptors (Lipinski definition) is 5. The predicted molar refractivity (Wildman–Crippen MR) is 95.6 cm³/mol. The first-order valence-electron chi connectivity index (χ1n) is 7.09. The van der Waals surface area contributed by atoms with Gasteiger partial charge in [0.25, 0.3) is 0 Å². The molecule has 1 unspecified atom stereocenters. The van der Waals surface area contributed by atoms with Gasteiger partial charge in [-0.3, -0.25) is 5.10 Å². The summed E-state index contributed by atoms with van der Waals surface area (Å²) in [4.78, 5) is 11.2. The van der Waals surface area contributed by atoms with E-state index in [1.54, 1.807) is 6.20 Å². The number of piperazine rings is 1. The summed E-state index contributed by atoms with van der Waals surface area (Å²) >= 11 is 0. The van der Waals surface area contributed by atoms with E-state index in [-0.39, 0.29) is 24.8 Å². The minimum absolute atomic E-state index is 0. The molecule has 122 valence electrons. The molecule has 23 heavy (non-hydrogen) atoms. The van der Waals surface area contributed by atoms with E-state index in [4.69, 9.17) is 0 Å².